The topological polar surface area (TPSA) is 81.8 Å². The number of aromatic nitrogens is 4. The maximum atomic E-state index is 13.1. The lowest BCUT2D eigenvalue weighted by Crippen LogP contribution is -2.31. The molecule has 0 fully saturated rings. The molecule has 1 unspecified atom stereocenters. The first-order valence-corrected chi connectivity index (χ1v) is 11.6. The molecular weight excluding hydrogens is 386 g/mol. The summed E-state index contributed by atoms with van der Waals surface area (Å²) in [6.07, 6.45) is 6.95. The Labute approximate surface area is 171 Å². The van der Waals surface area contributed by atoms with Gasteiger partial charge in [-0.3, -0.25) is 9.36 Å². The zero-order chi connectivity index (χ0) is 20.4. The maximum Gasteiger partial charge on any atom is 0.244 e. The van der Waals surface area contributed by atoms with Gasteiger partial charge >= 0.3 is 0 Å². The van der Waals surface area contributed by atoms with Gasteiger partial charge in [-0.2, -0.15) is 10.2 Å². The van der Waals surface area contributed by atoms with Gasteiger partial charge in [0.1, 0.15) is 4.90 Å². The van der Waals surface area contributed by atoms with Crippen LogP contribution in [-0.2, 0) is 29.5 Å². The van der Waals surface area contributed by atoms with Crippen LogP contribution in [0.5, 0.6) is 0 Å². The molecule has 0 spiro atoms. The molecule has 8 heteroatoms. The van der Waals surface area contributed by atoms with Crippen molar-refractivity contribution in [3.63, 3.8) is 0 Å². The Bertz CT molecular complexity index is 1090. The molecule has 1 atom stereocenters. The molecule has 4 rings (SSSR count). The number of fused-ring (bicyclic) bond motifs is 1. The molecule has 154 valence electrons. The van der Waals surface area contributed by atoms with Crippen molar-refractivity contribution in [1.29, 1.82) is 0 Å². The van der Waals surface area contributed by atoms with Gasteiger partial charge in [-0.25, -0.2) is 13.1 Å². The molecule has 1 N–H and O–H groups in total. The number of nitrogens with zero attached hydrogens (tertiary/aromatic N) is 4. The summed E-state index contributed by atoms with van der Waals surface area (Å²) in [4.78, 5) is 0.259. The number of hydrogen-bond acceptors (Lipinski definition) is 4. The van der Waals surface area contributed by atoms with E-state index in [1.165, 1.54) is 5.56 Å². The third-order valence-corrected chi connectivity index (χ3v) is 6.95. The van der Waals surface area contributed by atoms with E-state index in [9.17, 15) is 8.42 Å². The molecule has 0 bridgehead atoms. The summed E-state index contributed by atoms with van der Waals surface area (Å²) in [7, 11) is -3.65. The Morgan fingerprint density at radius 1 is 1.24 bits per heavy atom. The van der Waals surface area contributed by atoms with Crippen LogP contribution in [0.25, 0.3) is 0 Å². The summed E-state index contributed by atoms with van der Waals surface area (Å²) in [6.45, 7) is 5.18. The van der Waals surface area contributed by atoms with E-state index in [0.717, 1.165) is 36.9 Å². The van der Waals surface area contributed by atoms with Gasteiger partial charge < -0.3 is 0 Å². The molecule has 3 aromatic rings. The maximum absolute atomic E-state index is 13.1. The van der Waals surface area contributed by atoms with Gasteiger partial charge in [0.15, 0.2) is 0 Å². The molecule has 0 saturated heterocycles. The molecule has 0 radical (unpaired) electrons. The van der Waals surface area contributed by atoms with Crippen LogP contribution in [0.1, 0.15) is 54.7 Å². The van der Waals surface area contributed by atoms with Crippen LogP contribution in [0.2, 0.25) is 0 Å². The Balaban J connectivity index is 1.57. The minimum absolute atomic E-state index is 0.259. The van der Waals surface area contributed by atoms with Crippen molar-refractivity contribution in [2.24, 2.45) is 0 Å². The van der Waals surface area contributed by atoms with Gasteiger partial charge in [0.2, 0.25) is 10.0 Å². The Hall–Kier alpha value is -2.45. The lowest BCUT2D eigenvalue weighted by molar-refractivity contribution is 0.493. The van der Waals surface area contributed by atoms with E-state index < -0.39 is 10.0 Å². The quantitative estimate of drug-likeness (QED) is 0.645. The fourth-order valence-corrected chi connectivity index (χ4v) is 5.43. The van der Waals surface area contributed by atoms with E-state index in [1.54, 1.807) is 17.8 Å². The van der Waals surface area contributed by atoms with Gasteiger partial charge in [-0.1, -0.05) is 37.3 Å². The smallest absolute Gasteiger partial charge is 0.244 e. The van der Waals surface area contributed by atoms with Crippen LogP contribution in [0.3, 0.4) is 0 Å². The molecule has 2 heterocycles. The molecule has 0 aliphatic heterocycles. The number of aryl methyl sites for hydroxylation is 2. The van der Waals surface area contributed by atoms with Crippen molar-refractivity contribution in [3.8, 4) is 0 Å². The van der Waals surface area contributed by atoms with E-state index in [0.29, 0.717) is 18.8 Å². The molecule has 2 aromatic heterocycles. The van der Waals surface area contributed by atoms with Crippen LogP contribution in [0.15, 0.2) is 47.6 Å². The zero-order valence-corrected chi connectivity index (χ0v) is 17.7. The minimum Gasteiger partial charge on any atom is -0.271 e. The average Bonchev–Trinajstić information content (AvgIpc) is 3.27. The number of hydrogen-bond donors (Lipinski definition) is 1. The van der Waals surface area contributed by atoms with Crippen molar-refractivity contribution in [3.05, 3.63) is 65.2 Å². The molecule has 7 nitrogen and oxygen atoms in total. The average molecular weight is 414 g/mol. The Morgan fingerprint density at radius 3 is 2.79 bits per heavy atom. The van der Waals surface area contributed by atoms with E-state index >= 15 is 0 Å². The second kappa shape index (κ2) is 8.12. The number of nitrogens with one attached hydrogen (secondary N) is 1. The van der Waals surface area contributed by atoms with Gasteiger partial charge in [0.25, 0.3) is 0 Å². The highest BCUT2D eigenvalue weighted by molar-refractivity contribution is 7.89. The highest BCUT2D eigenvalue weighted by Crippen LogP contribution is 2.31. The largest absolute Gasteiger partial charge is 0.271 e. The van der Waals surface area contributed by atoms with Crippen LogP contribution in [0, 0.1) is 6.92 Å². The minimum atomic E-state index is -3.65. The number of benzene rings is 1. The molecule has 0 amide bonds. The van der Waals surface area contributed by atoms with Gasteiger partial charge in [0.05, 0.1) is 24.5 Å². The lowest BCUT2D eigenvalue weighted by atomic mass is 9.94. The lowest BCUT2D eigenvalue weighted by Gasteiger charge is -2.24. The zero-order valence-electron chi connectivity index (χ0n) is 16.9. The molecule has 1 aliphatic rings. The van der Waals surface area contributed by atoms with E-state index in [1.807, 2.05) is 36.0 Å². The van der Waals surface area contributed by atoms with Crippen molar-refractivity contribution in [2.45, 2.75) is 63.6 Å². The van der Waals surface area contributed by atoms with E-state index in [4.69, 9.17) is 0 Å². The SMILES string of the molecule is CCCn1cc(S(=O)(=O)NC2CCCc3c2cnn3Cc2ccccc2)c(C)n1. The van der Waals surface area contributed by atoms with Crippen molar-refractivity contribution in [1.82, 2.24) is 24.3 Å². The normalized spacial score (nSPS) is 16.7. The molecule has 1 aromatic carbocycles. The van der Waals surface area contributed by atoms with Crippen LogP contribution in [0.4, 0.5) is 0 Å². The Morgan fingerprint density at radius 2 is 2.03 bits per heavy atom. The van der Waals surface area contributed by atoms with Crippen LogP contribution in [-0.4, -0.2) is 28.0 Å². The molecular formula is C21H27N5O2S. The van der Waals surface area contributed by atoms with Gasteiger partial charge in [0, 0.05) is 24.0 Å². The molecule has 1 aliphatic carbocycles. The third-order valence-electron chi connectivity index (χ3n) is 5.38. The summed E-state index contributed by atoms with van der Waals surface area (Å²) in [5.41, 5.74) is 3.81. The number of rotatable bonds is 7. The predicted octanol–water partition coefficient (Wildman–Crippen LogP) is 3.20. The fourth-order valence-electron chi connectivity index (χ4n) is 3.99. The standard InChI is InChI=1S/C21H27N5O2S/c1-3-12-25-15-21(16(2)23-25)29(27,28)24-19-10-7-11-20-18(19)13-22-26(20)14-17-8-5-4-6-9-17/h4-6,8-9,13,15,19,24H,3,7,10-12,14H2,1-2H3. The second-order valence-corrected chi connectivity index (χ2v) is 9.28. The van der Waals surface area contributed by atoms with E-state index in [-0.39, 0.29) is 10.9 Å². The summed E-state index contributed by atoms with van der Waals surface area (Å²) in [6, 6.07) is 9.92. The number of sulfonamides is 1. The second-order valence-electron chi connectivity index (χ2n) is 7.60. The summed E-state index contributed by atoms with van der Waals surface area (Å²) < 4.78 is 32.7. The summed E-state index contributed by atoms with van der Waals surface area (Å²) in [5, 5.41) is 8.89. The third kappa shape index (κ3) is 4.13. The predicted molar refractivity (Wildman–Crippen MR) is 111 cm³/mol. The first-order valence-electron chi connectivity index (χ1n) is 10.1. The summed E-state index contributed by atoms with van der Waals surface area (Å²) in [5.74, 6) is 0. The monoisotopic (exact) mass is 413 g/mol. The van der Waals surface area contributed by atoms with Crippen molar-refractivity contribution < 1.29 is 8.42 Å². The van der Waals surface area contributed by atoms with Crippen molar-refractivity contribution >= 4 is 10.0 Å². The molecule has 29 heavy (non-hydrogen) atoms. The highest BCUT2D eigenvalue weighted by atomic mass is 32.2. The van der Waals surface area contributed by atoms with E-state index in [2.05, 4.69) is 27.1 Å². The first kappa shape index (κ1) is 19.8. The Kier molecular flexibility index (Phi) is 5.56. The van der Waals surface area contributed by atoms with Gasteiger partial charge in [-0.05, 0) is 38.2 Å². The van der Waals surface area contributed by atoms with Gasteiger partial charge in [-0.15, -0.1) is 0 Å². The van der Waals surface area contributed by atoms with Crippen LogP contribution < -0.4 is 4.72 Å². The molecule has 0 saturated carbocycles. The highest BCUT2D eigenvalue weighted by Gasteiger charge is 2.30. The van der Waals surface area contributed by atoms with Crippen LogP contribution >= 0.6 is 0 Å². The first-order chi connectivity index (χ1) is 14.0. The fraction of sp³-hybridized carbons (Fsp3) is 0.429. The summed E-state index contributed by atoms with van der Waals surface area (Å²) >= 11 is 0. The van der Waals surface area contributed by atoms with Crippen molar-refractivity contribution in [2.75, 3.05) is 0 Å².